The maximum atomic E-state index is 5.32. The van der Waals surface area contributed by atoms with Gasteiger partial charge in [0.2, 0.25) is 0 Å². The van der Waals surface area contributed by atoms with Gasteiger partial charge in [0.05, 0.1) is 0 Å². The van der Waals surface area contributed by atoms with Crippen LogP contribution >= 0.6 is 0 Å². The molecule has 0 fully saturated rings. The summed E-state index contributed by atoms with van der Waals surface area (Å²) in [6.07, 6.45) is 9.64. The topological polar surface area (TPSA) is 18.5 Å². The number of allylic oxidation sites excluding steroid dienone is 3. The molecule has 0 saturated carbocycles. The molecule has 0 heterocycles. The van der Waals surface area contributed by atoms with Crippen LogP contribution in [0.2, 0.25) is 0 Å². The van der Waals surface area contributed by atoms with E-state index in [1.165, 1.54) is 5.57 Å². The summed E-state index contributed by atoms with van der Waals surface area (Å²) in [6.45, 7) is 3.70. The SMILES string of the molecule is C=CCC1=CC(OC)(OC)CC=C1. The molecule has 0 aromatic heterocycles. The first-order chi connectivity index (χ1) is 6.26. The van der Waals surface area contributed by atoms with E-state index < -0.39 is 5.79 Å². The van der Waals surface area contributed by atoms with Gasteiger partial charge in [-0.25, -0.2) is 0 Å². The summed E-state index contributed by atoms with van der Waals surface area (Å²) in [5, 5.41) is 0. The molecule has 0 aromatic rings. The van der Waals surface area contributed by atoms with E-state index in [1.54, 1.807) is 14.2 Å². The van der Waals surface area contributed by atoms with Crippen LogP contribution < -0.4 is 0 Å². The van der Waals surface area contributed by atoms with Gasteiger partial charge in [0.25, 0.3) is 0 Å². The molecule has 72 valence electrons. The average molecular weight is 180 g/mol. The summed E-state index contributed by atoms with van der Waals surface area (Å²) >= 11 is 0. The van der Waals surface area contributed by atoms with Crippen LogP contribution in [0.1, 0.15) is 12.8 Å². The van der Waals surface area contributed by atoms with Gasteiger partial charge >= 0.3 is 0 Å². The van der Waals surface area contributed by atoms with Crippen molar-refractivity contribution in [2.24, 2.45) is 0 Å². The van der Waals surface area contributed by atoms with Gasteiger partial charge in [-0.15, -0.1) is 6.58 Å². The lowest BCUT2D eigenvalue weighted by atomic mass is 9.99. The molecule has 2 nitrogen and oxygen atoms in total. The second kappa shape index (κ2) is 4.40. The Morgan fingerprint density at radius 3 is 2.77 bits per heavy atom. The summed E-state index contributed by atoms with van der Waals surface area (Å²) in [6, 6.07) is 0. The number of hydrogen-bond donors (Lipinski definition) is 0. The Hall–Kier alpha value is -0.860. The molecular weight excluding hydrogens is 164 g/mol. The highest BCUT2D eigenvalue weighted by molar-refractivity contribution is 5.28. The van der Waals surface area contributed by atoms with E-state index in [4.69, 9.17) is 9.47 Å². The maximum Gasteiger partial charge on any atom is 0.191 e. The molecule has 0 unspecified atom stereocenters. The van der Waals surface area contributed by atoms with Crippen LogP contribution in [0.4, 0.5) is 0 Å². The number of hydrogen-bond acceptors (Lipinski definition) is 2. The van der Waals surface area contributed by atoms with Gasteiger partial charge in [-0.2, -0.15) is 0 Å². The van der Waals surface area contributed by atoms with Crippen molar-refractivity contribution in [2.75, 3.05) is 14.2 Å². The van der Waals surface area contributed by atoms with E-state index in [1.807, 2.05) is 12.2 Å². The normalized spacial score (nSPS) is 19.7. The minimum absolute atomic E-state index is 0.562. The largest absolute Gasteiger partial charge is 0.349 e. The second-order valence-corrected chi connectivity index (χ2v) is 3.04. The standard InChI is InChI=1S/C11H16O2/c1-4-6-10-7-5-8-11(9-10,12-2)13-3/h4-5,7,9H,1,6,8H2,2-3H3. The number of rotatable bonds is 4. The van der Waals surface area contributed by atoms with Crippen LogP contribution in [0.15, 0.2) is 36.5 Å². The molecule has 1 aliphatic rings. The van der Waals surface area contributed by atoms with Crippen molar-refractivity contribution in [1.82, 2.24) is 0 Å². The minimum Gasteiger partial charge on any atom is -0.349 e. The van der Waals surface area contributed by atoms with E-state index >= 15 is 0 Å². The Morgan fingerprint density at radius 1 is 1.54 bits per heavy atom. The van der Waals surface area contributed by atoms with Crippen LogP contribution in [-0.2, 0) is 9.47 Å². The van der Waals surface area contributed by atoms with Gasteiger partial charge in [-0.05, 0) is 18.1 Å². The van der Waals surface area contributed by atoms with E-state index in [0.29, 0.717) is 0 Å². The van der Waals surface area contributed by atoms with E-state index in [0.717, 1.165) is 12.8 Å². The fourth-order valence-electron chi connectivity index (χ4n) is 1.43. The molecule has 0 saturated heterocycles. The molecule has 0 atom stereocenters. The van der Waals surface area contributed by atoms with Crippen LogP contribution in [0, 0.1) is 0 Å². The molecule has 13 heavy (non-hydrogen) atoms. The Morgan fingerprint density at radius 2 is 2.23 bits per heavy atom. The van der Waals surface area contributed by atoms with Gasteiger partial charge in [0.15, 0.2) is 5.79 Å². The monoisotopic (exact) mass is 180 g/mol. The second-order valence-electron chi connectivity index (χ2n) is 3.04. The molecule has 0 radical (unpaired) electrons. The molecule has 1 rings (SSSR count). The lowest BCUT2D eigenvalue weighted by molar-refractivity contribution is -0.168. The zero-order chi connectivity index (χ0) is 9.73. The molecule has 1 aliphatic carbocycles. The minimum atomic E-state index is -0.562. The number of ether oxygens (including phenoxy) is 2. The van der Waals surface area contributed by atoms with Gasteiger partial charge in [-0.1, -0.05) is 18.2 Å². The predicted molar refractivity (Wildman–Crippen MR) is 53.4 cm³/mol. The Bertz CT molecular complexity index is 234. The molecule has 0 aromatic carbocycles. The molecule has 0 amide bonds. The smallest absolute Gasteiger partial charge is 0.191 e. The summed E-state index contributed by atoms with van der Waals surface area (Å²) in [5.41, 5.74) is 1.19. The summed E-state index contributed by atoms with van der Waals surface area (Å²) in [4.78, 5) is 0. The highest BCUT2D eigenvalue weighted by Crippen LogP contribution is 2.26. The lowest BCUT2D eigenvalue weighted by Gasteiger charge is -2.29. The van der Waals surface area contributed by atoms with Gasteiger partial charge < -0.3 is 9.47 Å². The zero-order valence-electron chi connectivity index (χ0n) is 8.25. The molecule has 0 aliphatic heterocycles. The zero-order valence-corrected chi connectivity index (χ0v) is 8.25. The number of methoxy groups -OCH3 is 2. The first-order valence-electron chi connectivity index (χ1n) is 4.36. The third-order valence-electron chi connectivity index (χ3n) is 2.21. The van der Waals surface area contributed by atoms with Crippen molar-refractivity contribution >= 4 is 0 Å². The summed E-state index contributed by atoms with van der Waals surface area (Å²) in [5.74, 6) is -0.562. The van der Waals surface area contributed by atoms with Crippen molar-refractivity contribution < 1.29 is 9.47 Å². The average Bonchev–Trinajstić information content (AvgIpc) is 2.19. The van der Waals surface area contributed by atoms with Crippen molar-refractivity contribution in [2.45, 2.75) is 18.6 Å². The third-order valence-corrected chi connectivity index (χ3v) is 2.21. The quantitative estimate of drug-likeness (QED) is 0.488. The highest BCUT2D eigenvalue weighted by atomic mass is 16.7. The fraction of sp³-hybridized carbons (Fsp3) is 0.455. The highest BCUT2D eigenvalue weighted by Gasteiger charge is 2.27. The van der Waals surface area contributed by atoms with Crippen molar-refractivity contribution in [1.29, 1.82) is 0 Å². The lowest BCUT2D eigenvalue weighted by Crippen LogP contribution is -2.32. The molecule has 0 N–H and O–H groups in total. The van der Waals surface area contributed by atoms with E-state index in [9.17, 15) is 0 Å². The van der Waals surface area contributed by atoms with E-state index in [-0.39, 0.29) is 0 Å². The van der Waals surface area contributed by atoms with E-state index in [2.05, 4.69) is 18.7 Å². The van der Waals surface area contributed by atoms with Crippen molar-refractivity contribution in [3.8, 4) is 0 Å². The van der Waals surface area contributed by atoms with Crippen molar-refractivity contribution in [3.05, 3.63) is 36.5 Å². The van der Waals surface area contributed by atoms with Gasteiger partial charge in [-0.3, -0.25) is 0 Å². The summed E-state index contributed by atoms with van der Waals surface area (Å²) < 4.78 is 10.6. The van der Waals surface area contributed by atoms with Gasteiger partial charge in [0, 0.05) is 20.6 Å². The Labute approximate surface area is 79.5 Å². The first kappa shape index (κ1) is 10.2. The molecule has 0 bridgehead atoms. The van der Waals surface area contributed by atoms with Crippen molar-refractivity contribution in [3.63, 3.8) is 0 Å². The third kappa shape index (κ3) is 2.29. The Kier molecular flexibility index (Phi) is 3.46. The Balaban J connectivity index is 2.80. The fourth-order valence-corrected chi connectivity index (χ4v) is 1.43. The molecule has 2 heteroatoms. The van der Waals surface area contributed by atoms with Crippen LogP contribution in [0.25, 0.3) is 0 Å². The summed E-state index contributed by atoms with van der Waals surface area (Å²) in [7, 11) is 3.31. The molecule has 0 spiro atoms. The van der Waals surface area contributed by atoms with Gasteiger partial charge in [0.1, 0.15) is 0 Å². The first-order valence-corrected chi connectivity index (χ1v) is 4.36. The predicted octanol–water partition coefficient (Wildman–Crippen LogP) is 2.44. The molecular formula is C11H16O2. The van der Waals surface area contributed by atoms with Crippen LogP contribution in [-0.4, -0.2) is 20.0 Å². The maximum absolute atomic E-state index is 5.32. The van der Waals surface area contributed by atoms with Crippen LogP contribution in [0.5, 0.6) is 0 Å². The van der Waals surface area contributed by atoms with Crippen LogP contribution in [0.3, 0.4) is 0 Å².